The molecule has 5 heteroatoms. The minimum Gasteiger partial charge on any atom is -0.355 e. The molecule has 2 heterocycles. The van der Waals surface area contributed by atoms with Crippen molar-refractivity contribution in [1.29, 1.82) is 0 Å². The summed E-state index contributed by atoms with van der Waals surface area (Å²) in [6.07, 6.45) is 2.55. The summed E-state index contributed by atoms with van der Waals surface area (Å²) in [6, 6.07) is 0. The maximum Gasteiger partial charge on any atom is 0.181 e. The summed E-state index contributed by atoms with van der Waals surface area (Å²) in [7, 11) is 0. The Morgan fingerprint density at radius 1 is 1.62 bits per heavy atom. The van der Waals surface area contributed by atoms with Crippen molar-refractivity contribution in [3.63, 3.8) is 0 Å². The average molecular weight is 217 g/mol. The summed E-state index contributed by atoms with van der Waals surface area (Å²) in [6.45, 7) is 3.57. The number of nitrogens with one attached hydrogen (secondary N) is 1. The standard InChI is InChI=1S/C11H11N3O2/c1-5-3-8-7(4-12-13-8)11-9(5)10(6(2)15)14-16-11/h4-5H,3H2,1-2H3,(H,12,13). The average Bonchev–Trinajstić information content (AvgIpc) is 2.80. The van der Waals surface area contributed by atoms with Gasteiger partial charge in [-0.1, -0.05) is 12.1 Å². The van der Waals surface area contributed by atoms with Gasteiger partial charge in [-0.15, -0.1) is 0 Å². The molecule has 16 heavy (non-hydrogen) atoms. The van der Waals surface area contributed by atoms with Crippen LogP contribution < -0.4 is 0 Å². The maximum atomic E-state index is 11.4. The lowest BCUT2D eigenvalue weighted by molar-refractivity contribution is 0.100. The second-order valence-corrected chi connectivity index (χ2v) is 4.20. The van der Waals surface area contributed by atoms with Crippen molar-refractivity contribution in [2.75, 3.05) is 0 Å². The molecule has 1 atom stereocenters. The molecular formula is C11H11N3O2. The van der Waals surface area contributed by atoms with Gasteiger partial charge in [0.15, 0.2) is 17.2 Å². The Morgan fingerprint density at radius 2 is 2.44 bits per heavy atom. The third kappa shape index (κ3) is 1.08. The van der Waals surface area contributed by atoms with Gasteiger partial charge in [0.1, 0.15) is 0 Å². The Labute approximate surface area is 91.8 Å². The number of aromatic nitrogens is 3. The summed E-state index contributed by atoms with van der Waals surface area (Å²) in [5, 5.41) is 10.8. The predicted molar refractivity (Wildman–Crippen MR) is 56.2 cm³/mol. The predicted octanol–water partition coefficient (Wildman–Crippen LogP) is 1.93. The topological polar surface area (TPSA) is 71.8 Å². The van der Waals surface area contributed by atoms with E-state index in [0.29, 0.717) is 11.5 Å². The molecule has 1 unspecified atom stereocenters. The van der Waals surface area contributed by atoms with Gasteiger partial charge in [0.2, 0.25) is 0 Å². The van der Waals surface area contributed by atoms with Crippen LogP contribution in [0.4, 0.5) is 0 Å². The van der Waals surface area contributed by atoms with Crippen LogP contribution >= 0.6 is 0 Å². The Kier molecular flexibility index (Phi) is 1.77. The fourth-order valence-electron chi connectivity index (χ4n) is 2.27. The fourth-order valence-corrected chi connectivity index (χ4v) is 2.27. The molecule has 1 aliphatic carbocycles. The van der Waals surface area contributed by atoms with E-state index in [-0.39, 0.29) is 11.7 Å². The Morgan fingerprint density at radius 3 is 3.19 bits per heavy atom. The van der Waals surface area contributed by atoms with Gasteiger partial charge in [0, 0.05) is 18.2 Å². The number of carbonyl (C=O) groups excluding carboxylic acids is 1. The molecule has 1 N–H and O–H groups in total. The molecule has 0 spiro atoms. The molecule has 0 bridgehead atoms. The molecular weight excluding hydrogens is 206 g/mol. The van der Waals surface area contributed by atoms with Crippen molar-refractivity contribution >= 4 is 5.78 Å². The molecule has 2 aromatic heterocycles. The zero-order chi connectivity index (χ0) is 11.3. The number of Topliss-reactive ketones (excluding diaryl/α,β-unsaturated/α-hetero) is 1. The second kappa shape index (κ2) is 3.04. The number of rotatable bonds is 1. The highest BCUT2D eigenvalue weighted by Gasteiger charge is 2.31. The van der Waals surface area contributed by atoms with E-state index in [1.54, 1.807) is 6.20 Å². The van der Waals surface area contributed by atoms with Crippen LogP contribution in [0.15, 0.2) is 10.7 Å². The van der Waals surface area contributed by atoms with Crippen LogP contribution in [-0.2, 0) is 6.42 Å². The van der Waals surface area contributed by atoms with Crippen molar-refractivity contribution in [1.82, 2.24) is 15.4 Å². The minimum absolute atomic E-state index is 0.0520. The minimum atomic E-state index is -0.0520. The molecule has 0 aliphatic heterocycles. The lowest BCUT2D eigenvalue weighted by atomic mass is 9.85. The largest absolute Gasteiger partial charge is 0.355 e. The number of nitrogens with zero attached hydrogens (tertiary/aromatic N) is 2. The number of aromatic amines is 1. The lowest BCUT2D eigenvalue weighted by Crippen LogP contribution is -2.10. The van der Waals surface area contributed by atoms with Gasteiger partial charge in [-0.2, -0.15) is 5.10 Å². The first kappa shape index (κ1) is 9.33. The van der Waals surface area contributed by atoms with Crippen molar-refractivity contribution in [2.24, 2.45) is 0 Å². The van der Waals surface area contributed by atoms with Crippen molar-refractivity contribution < 1.29 is 9.32 Å². The van der Waals surface area contributed by atoms with Gasteiger partial charge in [0.25, 0.3) is 0 Å². The van der Waals surface area contributed by atoms with E-state index in [9.17, 15) is 4.79 Å². The fraction of sp³-hybridized carbons (Fsp3) is 0.364. The molecule has 0 saturated heterocycles. The summed E-state index contributed by atoms with van der Waals surface area (Å²) < 4.78 is 5.27. The molecule has 5 nitrogen and oxygen atoms in total. The molecule has 2 aromatic rings. The maximum absolute atomic E-state index is 11.4. The van der Waals surface area contributed by atoms with E-state index in [1.807, 2.05) is 0 Å². The first-order valence-electron chi connectivity index (χ1n) is 5.21. The normalized spacial score (nSPS) is 18.0. The highest BCUT2D eigenvalue weighted by atomic mass is 16.5. The first-order valence-corrected chi connectivity index (χ1v) is 5.21. The van der Waals surface area contributed by atoms with Crippen LogP contribution in [0.5, 0.6) is 0 Å². The van der Waals surface area contributed by atoms with Crippen LogP contribution in [0, 0.1) is 0 Å². The van der Waals surface area contributed by atoms with E-state index in [2.05, 4.69) is 22.3 Å². The number of H-pyrrole nitrogens is 1. The van der Waals surface area contributed by atoms with E-state index in [4.69, 9.17) is 4.52 Å². The van der Waals surface area contributed by atoms with Gasteiger partial charge >= 0.3 is 0 Å². The van der Waals surface area contributed by atoms with E-state index >= 15 is 0 Å². The highest BCUT2D eigenvalue weighted by Crippen LogP contribution is 2.40. The quantitative estimate of drug-likeness (QED) is 0.741. The first-order chi connectivity index (χ1) is 7.68. The number of ketones is 1. The molecule has 3 rings (SSSR count). The summed E-state index contributed by atoms with van der Waals surface area (Å²) in [4.78, 5) is 11.4. The van der Waals surface area contributed by atoms with Crippen LogP contribution in [-0.4, -0.2) is 21.1 Å². The zero-order valence-corrected chi connectivity index (χ0v) is 9.07. The summed E-state index contributed by atoms with van der Waals surface area (Å²) >= 11 is 0. The van der Waals surface area contributed by atoms with Crippen LogP contribution in [0.2, 0.25) is 0 Å². The van der Waals surface area contributed by atoms with Crippen molar-refractivity contribution in [2.45, 2.75) is 26.2 Å². The molecule has 0 saturated carbocycles. The van der Waals surface area contributed by atoms with Gasteiger partial charge in [-0.05, 0) is 12.3 Å². The van der Waals surface area contributed by atoms with E-state index < -0.39 is 0 Å². The number of hydrogen-bond donors (Lipinski definition) is 1. The van der Waals surface area contributed by atoms with E-state index in [0.717, 1.165) is 23.2 Å². The Hall–Kier alpha value is -1.91. The molecule has 0 amide bonds. The van der Waals surface area contributed by atoms with Gasteiger partial charge in [-0.3, -0.25) is 9.89 Å². The molecule has 0 fully saturated rings. The SMILES string of the molecule is CC(=O)c1noc2c1C(C)Cc1[nH]ncc1-2. The molecule has 1 aliphatic rings. The van der Waals surface area contributed by atoms with Crippen LogP contribution in [0.1, 0.15) is 41.5 Å². The second-order valence-electron chi connectivity index (χ2n) is 4.20. The Bertz CT molecular complexity index is 568. The third-order valence-electron chi connectivity index (χ3n) is 3.03. The number of hydrogen-bond acceptors (Lipinski definition) is 4. The third-order valence-corrected chi connectivity index (χ3v) is 3.03. The lowest BCUT2D eigenvalue weighted by Gasteiger charge is -2.16. The number of fused-ring (bicyclic) bond motifs is 3. The van der Waals surface area contributed by atoms with Gasteiger partial charge in [-0.25, -0.2) is 0 Å². The van der Waals surface area contributed by atoms with Gasteiger partial charge < -0.3 is 4.52 Å². The Balaban J connectivity index is 2.27. The van der Waals surface area contributed by atoms with E-state index in [1.165, 1.54) is 6.92 Å². The molecule has 0 radical (unpaired) electrons. The summed E-state index contributed by atoms with van der Waals surface area (Å²) in [5.74, 6) is 0.865. The highest BCUT2D eigenvalue weighted by molar-refractivity contribution is 5.95. The van der Waals surface area contributed by atoms with Crippen LogP contribution in [0.3, 0.4) is 0 Å². The monoisotopic (exact) mass is 217 g/mol. The molecule has 0 aromatic carbocycles. The smallest absolute Gasteiger partial charge is 0.181 e. The zero-order valence-electron chi connectivity index (χ0n) is 9.07. The molecule has 82 valence electrons. The van der Waals surface area contributed by atoms with Gasteiger partial charge in [0.05, 0.1) is 11.8 Å². The van der Waals surface area contributed by atoms with Crippen molar-refractivity contribution in [3.8, 4) is 11.3 Å². The van der Waals surface area contributed by atoms with Crippen molar-refractivity contribution in [3.05, 3.63) is 23.1 Å². The number of carbonyl (C=O) groups is 1. The van der Waals surface area contributed by atoms with Crippen LogP contribution in [0.25, 0.3) is 11.3 Å². The summed E-state index contributed by atoms with van der Waals surface area (Å²) in [5.41, 5.74) is 3.34.